The topological polar surface area (TPSA) is 20.2 Å². The Morgan fingerprint density at radius 2 is 1.78 bits per heavy atom. The number of hydrogen-bond acceptors (Lipinski definition) is 1. The maximum Gasteiger partial charge on any atom is 0.0820 e. The Hall–Kier alpha value is -0.820. The Labute approximate surface area is 111 Å². The van der Waals surface area contributed by atoms with Crippen LogP contribution in [-0.2, 0) is 0 Å². The van der Waals surface area contributed by atoms with Gasteiger partial charge < -0.3 is 5.11 Å². The molecule has 0 bridgehead atoms. The van der Waals surface area contributed by atoms with Crippen molar-refractivity contribution in [3.8, 4) is 0 Å². The number of aliphatic hydroxyl groups is 1. The molecular weight excluding hydrogens is 220 g/mol. The summed E-state index contributed by atoms with van der Waals surface area (Å²) in [6.45, 7) is 6.74. The average Bonchev–Trinajstić information content (AvgIpc) is 2.83. The van der Waals surface area contributed by atoms with Crippen molar-refractivity contribution in [1.29, 1.82) is 0 Å². The van der Waals surface area contributed by atoms with Crippen LogP contribution < -0.4 is 0 Å². The van der Waals surface area contributed by atoms with Gasteiger partial charge in [0.05, 0.1) is 6.10 Å². The standard InChI is InChI=1S/C17H26O/c1-4-12(2)14-8-10-15(11-9-14)17(18)16-7-5-6-13(16)3/h8-13,16-18H,4-7H2,1-3H3. The van der Waals surface area contributed by atoms with Crippen LogP contribution in [-0.4, -0.2) is 5.11 Å². The summed E-state index contributed by atoms with van der Waals surface area (Å²) in [6.07, 6.45) is 4.62. The van der Waals surface area contributed by atoms with Crippen molar-refractivity contribution in [2.24, 2.45) is 11.8 Å². The molecule has 1 saturated carbocycles. The second kappa shape index (κ2) is 5.88. The zero-order chi connectivity index (χ0) is 13.1. The zero-order valence-corrected chi connectivity index (χ0v) is 11.9. The second-order valence-electron chi connectivity index (χ2n) is 5.99. The lowest BCUT2D eigenvalue weighted by molar-refractivity contribution is 0.0900. The van der Waals surface area contributed by atoms with Gasteiger partial charge in [0.15, 0.2) is 0 Å². The van der Waals surface area contributed by atoms with Crippen LogP contribution in [0, 0.1) is 11.8 Å². The molecule has 0 saturated heterocycles. The highest BCUT2D eigenvalue weighted by atomic mass is 16.3. The molecule has 0 amide bonds. The van der Waals surface area contributed by atoms with E-state index in [1.165, 1.54) is 31.2 Å². The van der Waals surface area contributed by atoms with Crippen molar-refractivity contribution in [1.82, 2.24) is 0 Å². The van der Waals surface area contributed by atoms with Gasteiger partial charge in [0.2, 0.25) is 0 Å². The van der Waals surface area contributed by atoms with Crippen LogP contribution in [0.25, 0.3) is 0 Å². The molecule has 0 radical (unpaired) electrons. The summed E-state index contributed by atoms with van der Waals surface area (Å²) in [5, 5.41) is 10.5. The van der Waals surface area contributed by atoms with E-state index in [1.54, 1.807) is 0 Å². The first-order chi connectivity index (χ1) is 8.63. The summed E-state index contributed by atoms with van der Waals surface area (Å²) in [6, 6.07) is 8.62. The highest BCUT2D eigenvalue weighted by Crippen LogP contribution is 2.40. The predicted molar refractivity (Wildman–Crippen MR) is 76.6 cm³/mol. The van der Waals surface area contributed by atoms with E-state index >= 15 is 0 Å². The molecule has 0 spiro atoms. The highest BCUT2D eigenvalue weighted by Gasteiger charge is 2.30. The maximum atomic E-state index is 10.5. The fourth-order valence-electron chi connectivity index (χ4n) is 3.15. The number of benzene rings is 1. The SMILES string of the molecule is CCC(C)c1ccc(C(O)C2CCCC2C)cc1. The van der Waals surface area contributed by atoms with Gasteiger partial charge >= 0.3 is 0 Å². The molecule has 1 fully saturated rings. The molecule has 0 aliphatic heterocycles. The first-order valence-electron chi connectivity index (χ1n) is 7.41. The normalized spacial score (nSPS) is 27.1. The molecule has 1 heteroatoms. The Kier molecular flexibility index (Phi) is 4.45. The molecule has 4 atom stereocenters. The summed E-state index contributed by atoms with van der Waals surface area (Å²) >= 11 is 0. The van der Waals surface area contributed by atoms with E-state index in [4.69, 9.17) is 0 Å². The van der Waals surface area contributed by atoms with Crippen LogP contribution in [0.5, 0.6) is 0 Å². The molecule has 0 aromatic heterocycles. The van der Waals surface area contributed by atoms with Gasteiger partial charge in [-0.1, -0.05) is 57.9 Å². The highest BCUT2D eigenvalue weighted by molar-refractivity contribution is 5.27. The third kappa shape index (κ3) is 2.77. The second-order valence-corrected chi connectivity index (χ2v) is 5.99. The van der Waals surface area contributed by atoms with Crippen molar-refractivity contribution in [3.63, 3.8) is 0 Å². The minimum atomic E-state index is -0.270. The minimum Gasteiger partial charge on any atom is -0.388 e. The monoisotopic (exact) mass is 246 g/mol. The van der Waals surface area contributed by atoms with Gasteiger partial charge in [0.1, 0.15) is 0 Å². The molecule has 1 nitrogen and oxygen atoms in total. The predicted octanol–water partition coefficient (Wildman–Crippen LogP) is 4.67. The van der Waals surface area contributed by atoms with Gasteiger partial charge in [-0.15, -0.1) is 0 Å². The van der Waals surface area contributed by atoms with Crippen molar-refractivity contribution in [2.45, 2.75) is 58.5 Å². The van der Waals surface area contributed by atoms with E-state index in [0.29, 0.717) is 17.8 Å². The molecule has 18 heavy (non-hydrogen) atoms. The Morgan fingerprint density at radius 3 is 2.28 bits per heavy atom. The molecule has 4 unspecified atom stereocenters. The number of aliphatic hydroxyl groups excluding tert-OH is 1. The van der Waals surface area contributed by atoms with Crippen LogP contribution in [0.2, 0.25) is 0 Å². The largest absolute Gasteiger partial charge is 0.388 e. The van der Waals surface area contributed by atoms with Gasteiger partial charge in [-0.2, -0.15) is 0 Å². The number of rotatable bonds is 4. The lowest BCUT2D eigenvalue weighted by Gasteiger charge is -2.23. The van der Waals surface area contributed by atoms with Gasteiger partial charge in [0.25, 0.3) is 0 Å². The summed E-state index contributed by atoms with van der Waals surface area (Å²) < 4.78 is 0. The summed E-state index contributed by atoms with van der Waals surface area (Å²) in [5.41, 5.74) is 2.48. The Bertz CT molecular complexity index is 368. The lowest BCUT2D eigenvalue weighted by Crippen LogP contribution is -2.15. The van der Waals surface area contributed by atoms with Crippen molar-refractivity contribution in [2.75, 3.05) is 0 Å². The third-order valence-electron chi connectivity index (χ3n) is 4.79. The van der Waals surface area contributed by atoms with Crippen molar-refractivity contribution < 1.29 is 5.11 Å². The Balaban J connectivity index is 2.09. The van der Waals surface area contributed by atoms with Crippen LogP contribution in [0.15, 0.2) is 24.3 Å². The molecule has 100 valence electrons. The smallest absolute Gasteiger partial charge is 0.0820 e. The van der Waals surface area contributed by atoms with Gasteiger partial charge in [-0.25, -0.2) is 0 Å². The van der Waals surface area contributed by atoms with E-state index in [1.807, 2.05) is 0 Å². The summed E-state index contributed by atoms with van der Waals surface area (Å²) in [4.78, 5) is 0. The van der Waals surface area contributed by atoms with Crippen LogP contribution in [0.4, 0.5) is 0 Å². The summed E-state index contributed by atoms with van der Waals surface area (Å²) in [5.74, 6) is 1.73. The van der Waals surface area contributed by atoms with Gasteiger partial charge in [-0.05, 0) is 41.7 Å². The maximum absolute atomic E-state index is 10.5. The molecule has 1 N–H and O–H groups in total. The van der Waals surface area contributed by atoms with Gasteiger partial charge in [-0.3, -0.25) is 0 Å². The summed E-state index contributed by atoms with van der Waals surface area (Å²) in [7, 11) is 0. The quantitative estimate of drug-likeness (QED) is 0.818. The number of hydrogen-bond donors (Lipinski definition) is 1. The Morgan fingerprint density at radius 1 is 1.17 bits per heavy atom. The average molecular weight is 246 g/mol. The van der Waals surface area contributed by atoms with E-state index in [0.717, 1.165) is 5.56 Å². The molecule has 2 rings (SSSR count). The first-order valence-corrected chi connectivity index (χ1v) is 7.41. The molecule has 1 aliphatic carbocycles. The molecule has 0 heterocycles. The third-order valence-corrected chi connectivity index (χ3v) is 4.79. The molecule has 1 aromatic rings. The van der Waals surface area contributed by atoms with Gasteiger partial charge in [0, 0.05) is 0 Å². The fraction of sp³-hybridized carbons (Fsp3) is 0.647. The molecule has 1 aromatic carbocycles. The molecular formula is C17H26O. The van der Waals surface area contributed by atoms with E-state index in [-0.39, 0.29) is 6.10 Å². The van der Waals surface area contributed by atoms with E-state index < -0.39 is 0 Å². The zero-order valence-electron chi connectivity index (χ0n) is 11.9. The van der Waals surface area contributed by atoms with E-state index in [9.17, 15) is 5.11 Å². The fourth-order valence-corrected chi connectivity index (χ4v) is 3.15. The van der Waals surface area contributed by atoms with Crippen LogP contribution in [0.1, 0.15) is 69.6 Å². The lowest BCUT2D eigenvalue weighted by atomic mass is 9.87. The minimum absolute atomic E-state index is 0.270. The van der Waals surface area contributed by atoms with Crippen LogP contribution in [0.3, 0.4) is 0 Å². The van der Waals surface area contributed by atoms with E-state index in [2.05, 4.69) is 45.0 Å². The molecule has 1 aliphatic rings. The van der Waals surface area contributed by atoms with Crippen LogP contribution >= 0.6 is 0 Å². The first kappa shape index (κ1) is 13.6. The van der Waals surface area contributed by atoms with Crippen molar-refractivity contribution >= 4 is 0 Å². The van der Waals surface area contributed by atoms with Crippen molar-refractivity contribution in [3.05, 3.63) is 35.4 Å².